The molecule has 27 heavy (non-hydrogen) atoms. The number of carboxylic acid groups (broad SMARTS) is 1. The van der Waals surface area contributed by atoms with E-state index in [2.05, 4.69) is 15.5 Å². The molecule has 9 nitrogen and oxygen atoms in total. The van der Waals surface area contributed by atoms with E-state index in [-0.39, 0.29) is 21.7 Å². The quantitative estimate of drug-likeness (QED) is 0.669. The van der Waals surface area contributed by atoms with Gasteiger partial charge in [-0.05, 0) is 36.6 Å². The predicted molar refractivity (Wildman–Crippen MR) is 98.1 cm³/mol. The van der Waals surface area contributed by atoms with Crippen molar-refractivity contribution in [1.29, 1.82) is 0 Å². The van der Waals surface area contributed by atoms with Crippen molar-refractivity contribution in [2.24, 2.45) is 0 Å². The number of aromatic carboxylic acids is 1. The molecule has 0 atom stereocenters. The Morgan fingerprint density at radius 3 is 2.37 bits per heavy atom. The summed E-state index contributed by atoms with van der Waals surface area (Å²) in [7, 11) is -3.71. The fraction of sp³-hybridized carbons (Fsp3) is 0.294. The molecule has 144 valence electrons. The van der Waals surface area contributed by atoms with E-state index in [0.717, 1.165) is 24.5 Å². The lowest BCUT2D eigenvalue weighted by molar-refractivity contribution is 0.0696. The third-order valence-corrected chi connectivity index (χ3v) is 5.02. The first-order chi connectivity index (χ1) is 12.6. The van der Waals surface area contributed by atoms with Crippen molar-refractivity contribution >= 4 is 27.4 Å². The minimum Gasteiger partial charge on any atom is -0.478 e. The topological polar surface area (TPSA) is 146 Å². The van der Waals surface area contributed by atoms with Crippen LogP contribution in [0.2, 0.25) is 0 Å². The molecule has 0 saturated heterocycles. The van der Waals surface area contributed by atoms with Gasteiger partial charge in [0.1, 0.15) is 5.56 Å². The lowest BCUT2D eigenvalue weighted by Gasteiger charge is -2.12. The summed E-state index contributed by atoms with van der Waals surface area (Å²) < 4.78 is 23.6. The van der Waals surface area contributed by atoms with Crippen molar-refractivity contribution < 1.29 is 23.1 Å². The van der Waals surface area contributed by atoms with Crippen molar-refractivity contribution in [3.05, 3.63) is 50.9 Å². The smallest absolute Gasteiger partial charge is 0.335 e. The molecule has 0 aliphatic carbocycles. The zero-order valence-electron chi connectivity index (χ0n) is 15.0. The zero-order chi connectivity index (χ0) is 20.4. The maximum absolute atomic E-state index is 12.7. The van der Waals surface area contributed by atoms with E-state index < -0.39 is 27.3 Å². The van der Waals surface area contributed by atoms with Gasteiger partial charge < -0.3 is 10.4 Å². The maximum Gasteiger partial charge on any atom is 0.335 e. The normalized spacial score (nSPS) is 11.2. The third kappa shape index (κ3) is 4.40. The molecule has 1 heterocycles. The second kappa shape index (κ2) is 7.70. The maximum atomic E-state index is 12.7. The third-order valence-electron chi connectivity index (χ3n) is 3.92. The lowest BCUT2D eigenvalue weighted by Crippen LogP contribution is -2.28. The Kier molecular flexibility index (Phi) is 5.79. The summed E-state index contributed by atoms with van der Waals surface area (Å²) in [6.07, 6.45) is 1.83. The number of anilines is 1. The number of hydrogen-bond acceptors (Lipinski definition) is 6. The van der Waals surface area contributed by atoms with Gasteiger partial charge in [-0.3, -0.25) is 9.59 Å². The largest absolute Gasteiger partial charge is 0.478 e. The van der Waals surface area contributed by atoms with Crippen LogP contribution < -0.4 is 10.9 Å². The number of carbonyl (C=O) groups is 2. The average Bonchev–Trinajstić information content (AvgIpc) is 2.59. The van der Waals surface area contributed by atoms with Crippen LogP contribution in [0.25, 0.3) is 0 Å². The number of benzene rings is 1. The number of carboxylic acids is 1. The molecule has 1 amide bonds. The van der Waals surface area contributed by atoms with Crippen LogP contribution in [0, 0.1) is 0 Å². The highest BCUT2D eigenvalue weighted by molar-refractivity contribution is 7.90. The molecule has 3 N–H and O–H groups in total. The predicted octanol–water partition coefficient (Wildman–Crippen LogP) is 1.25. The lowest BCUT2D eigenvalue weighted by atomic mass is 10.0. The summed E-state index contributed by atoms with van der Waals surface area (Å²) in [5.41, 5.74) is -0.112. The van der Waals surface area contributed by atoms with Gasteiger partial charge in [-0.1, -0.05) is 13.8 Å². The van der Waals surface area contributed by atoms with Crippen LogP contribution in [0.4, 0.5) is 5.69 Å². The van der Waals surface area contributed by atoms with Crippen LogP contribution >= 0.6 is 0 Å². The van der Waals surface area contributed by atoms with Gasteiger partial charge in [-0.25, -0.2) is 18.3 Å². The SMILES string of the molecule is CCc1n[nH]c(=O)c(C(=O)Nc2cc(C(=O)O)cc(S(C)(=O)=O)c2)c1CC. The van der Waals surface area contributed by atoms with Gasteiger partial charge in [0.2, 0.25) is 0 Å². The highest BCUT2D eigenvalue weighted by Gasteiger charge is 2.21. The highest BCUT2D eigenvalue weighted by Crippen LogP contribution is 2.20. The fourth-order valence-corrected chi connectivity index (χ4v) is 3.32. The van der Waals surface area contributed by atoms with Gasteiger partial charge >= 0.3 is 5.97 Å². The number of nitrogens with one attached hydrogen (secondary N) is 2. The van der Waals surface area contributed by atoms with Crippen LogP contribution in [-0.2, 0) is 22.7 Å². The van der Waals surface area contributed by atoms with Gasteiger partial charge in [-0.15, -0.1) is 0 Å². The van der Waals surface area contributed by atoms with E-state index in [9.17, 15) is 27.9 Å². The van der Waals surface area contributed by atoms with Crippen LogP contribution in [-0.4, -0.2) is 41.9 Å². The van der Waals surface area contributed by atoms with Crippen LogP contribution in [0.3, 0.4) is 0 Å². The van der Waals surface area contributed by atoms with Crippen LogP contribution in [0.1, 0.15) is 45.8 Å². The Labute approximate surface area is 155 Å². The number of aryl methyl sites for hydroxylation is 1. The minimum absolute atomic E-state index is 0.0448. The standard InChI is InChI=1S/C17H19N3O6S/c1-4-12-13(5-2)19-20-16(22)14(12)15(21)18-10-6-9(17(23)24)7-11(8-10)27(3,25)26/h6-8H,4-5H2,1-3H3,(H,18,21)(H,20,22)(H,23,24). The number of rotatable bonds is 6. The molecule has 1 aromatic heterocycles. The molecule has 0 fully saturated rings. The summed E-state index contributed by atoms with van der Waals surface area (Å²) in [6.45, 7) is 3.61. The summed E-state index contributed by atoms with van der Waals surface area (Å²) in [5, 5.41) is 17.8. The van der Waals surface area contributed by atoms with Crippen molar-refractivity contribution in [1.82, 2.24) is 10.2 Å². The molecule has 0 bridgehead atoms. The first-order valence-corrected chi connectivity index (χ1v) is 9.97. The van der Waals surface area contributed by atoms with E-state index in [1.165, 1.54) is 0 Å². The van der Waals surface area contributed by atoms with Crippen LogP contribution in [0.5, 0.6) is 0 Å². The molecular formula is C17H19N3O6S. The molecule has 0 spiro atoms. The number of nitrogens with zero attached hydrogens (tertiary/aromatic N) is 1. The van der Waals surface area contributed by atoms with E-state index in [1.807, 2.05) is 6.92 Å². The number of hydrogen-bond donors (Lipinski definition) is 3. The van der Waals surface area contributed by atoms with E-state index in [4.69, 9.17) is 0 Å². The van der Waals surface area contributed by atoms with Crippen molar-refractivity contribution in [2.45, 2.75) is 31.6 Å². The molecule has 2 aromatic rings. The number of H-pyrrole nitrogens is 1. The molecule has 0 unspecified atom stereocenters. The Bertz CT molecular complexity index is 1070. The van der Waals surface area contributed by atoms with E-state index in [1.54, 1.807) is 6.92 Å². The molecule has 0 saturated carbocycles. The van der Waals surface area contributed by atoms with Gasteiger partial charge in [0.25, 0.3) is 11.5 Å². The molecule has 0 aliphatic rings. The Morgan fingerprint density at radius 1 is 1.19 bits per heavy atom. The fourth-order valence-electron chi connectivity index (χ4n) is 2.64. The highest BCUT2D eigenvalue weighted by atomic mass is 32.2. The summed E-state index contributed by atoms with van der Waals surface area (Å²) >= 11 is 0. The summed E-state index contributed by atoms with van der Waals surface area (Å²) in [5.74, 6) is -2.12. The Hall–Kier alpha value is -3.01. The molecule has 1 aromatic carbocycles. The molecule has 0 aliphatic heterocycles. The van der Waals surface area contributed by atoms with E-state index in [0.29, 0.717) is 24.1 Å². The van der Waals surface area contributed by atoms with Gasteiger partial charge in [-0.2, -0.15) is 5.10 Å². The van der Waals surface area contributed by atoms with Crippen LogP contribution in [0.15, 0.2) is 27.9 Å². The summed E-state index contributed by atoms with van der Waals surface area (Å²) in [6, 6.07) is 3.26. The van der Waals surface area contributed by atoms with Crippen molar-refractivity contribution in [3.63, 3.8) is 0 Å². The van der Waals surface area contributed by atoms with Gasteiger partial charge in [0.05, 0.1) is 16.2 Å². The first kappa shape index (κ1) is 20.3. The summed E-state index contributed by atoms with van der Waals surface area (Å²) in [4.78, 5) is 35.8. The number of sulfone groups is 1. The number of carbonyl (C=O) groups excluding carboxylic acids is 1. The second-order valence-electron chi connectivity index (χ2n) is 5.84. The monoisotopic (exact) mass is 393 g/mol. The Morgan fingerprint density at radius 2 is 1.85 bits per heavy atom. The van der Waals surface area contributed by atoms with Gasteiger partial charge in [0.15, 0.2) is 9.84 Å². The zero-order valence-corrected chi connectivity index (χ0v) is 15.8. The second-order valence-corrected chi connectivity index (χ2v) is 7.85. The average molecular weight is 393 g/mol. The molecule has 10 heteroatoms. The number of aromatic nitrogens is 2. The van der Waals surface area contributed by atoms with Gasteiger partial charge in [0, 0.05) is 11.9 Å². The Balaban J connectivity index is 2.55. The number of aromatic amines is 1. The van der Waals surface area contributed by atoms with E-state index >= 15 is 0 Å². The molecular weight excluding hydrogens is 374 g/mol. The van der Waals surface area contributed by atoms with Crippen molar-refractivity contribution in [3.8, 4) is 0 Å². The minimum atomic E-state index is -3.71. The van der Waals surface area contributed by atoms with Crippen molar-refractivity contribution in [2.75, 3.05) is 11.6 Å². The molecule has 0 radical (unpaired) electrons. The molecule has 2 rings (SSSR count). The number of amides is 1. The first-order valence-electron chi connectivity index (χ1n) is 8.08.